The molecule has 0 atom stereocenters. The largest absolute Gasteiger partial charge is 0.309 e. The molecule has 1 aliphatic carbocycles. The molecule has 1 aromatic heterocycles. The summed E-state index contributed by atoms with van der Waals surface area (Å²) < 4.78 is 2.43. The van der Waals surface area contributed by atoms with E-state index in [1.165, 1.54) is 60.9 Å². The van der Waals surface area contributed by atoms with Gasteiger partial charge in [-0.05, 0) is 93.5 Å². The average molecular weight is 731 g/mol. The molecule has 8 aromatic carbocycles. The van der Waals surface area contributed by atoms with Crippen molar-refractivity contribution >= 4 is 40.2 Å². The molecule has 1 heterocycles. The summed E-state index contributed by atoms with van der Waals surface area (Å²) in [7, 11) is 0. The third kappa shape index (κ3) is 6.47. The maximum absolute atomic E-state index is 4.99. The van der Waals surface area contributed by atoms with Gasteiger partial charge in [-0.3, -0.25) is 4.99 Å². The Balaban J connectivity index is 0.992. The van der Waals surface area contributed by atoms with Crippen LogP contribution in [0.2, 0.25) is 0 Å². The lowest BCUT2D eigenvalue weighted by atomic mass is 9.97. The summed E-state index contributed by atoms with van der Waals surface area (Å²) in [5.74, 6) is 1.16. The number of amidine groups is 2. The lowest BCUT2D eigenvalue weighted by molar-refractivity contribution is 1.06. The number of fused-ring (bicyclic) bond motifs is 6. The first-order chi connectivity index (χ1) is 28.2. The van der Waals surface area contributed by atoms with Crippen LogP contribution in [0.1, 0.15) is 27.8 Å². The minimum Gasteiger partial charge on any atom is -0.309 e. The molecule has 0 bridgehead atoms. The first-order valence-electron chi connectivity index (χ1n) is 19.4. The third-order valence-electron chi connectivity index (χ3n) is 11.0. The lowest BCUT2D eigenvalue weighted by Crippen LogP contribution is -2.05. The first-order valence-corrected chi connectivity index (χ1v) is 19.4. The Kier molecular flexibility index (Phi) is 8.77. The van der Waals surface area contributed by atoms with E-state index in [0.29, 0.717) is 18.2 Å². The van der Waals surface area contributed by atoms with Gasteiger partial charge in [0.1, 0.15) is 0 Å². The molecule has 4 heteroatoms. The van der Waals surface area contributed by atoms with Crippen molar-refractivity contribution in [2.45, 2.75) is 13.0 Å². The smallest absolute Gasteiger partial charge is 0.161 e. The maximum Gasteiger partial charge on any atom is 0.161 e. The van der Waals surface area contributed by atoms with Crippen LogP contribution in [-0.4, -0.2) is 23.0 Å². The van der Waals surface area contributed by atoms with Gasteiger partial charge in [0.2, 0.25) is 0 Å². The van der Waals surface area contributed by atoms with Crippen molar-refractivity contribution in [3.63, 3.8) is 0 Å². The molecule has 0 aliphatic heterocycles. The van der Waals surface area contributed by atoms with Crippen molar-refractivity contribution in [2.75, 3.05) is 0 Å². The van der Waals surface area contributed by atoms with E-state index in [1.54, 1.807) is 0 Å². The van der Waals surface area contributed by atoms with Crippen LogP contribution in [0.5, 0.6) is 0 Å². The van der Waals surface area contributed by atoms with Crippen LogP contribution in [0.4, 0.5) is 0 Å². The van der Waals surface area contributed by atoms with E-state index < -0.39 is 0 Å². The SMILES string of the molecule is C=N/C(=N\C(=N/Cc1ccccc1)c1ccccc1)c1cccc(-c2ccc3c(c2)Cc2ccc(-n4c5ccccc5c5ccc(-c6ccccc6)cc54)cc2-3)c1. The third-order valence-corrected chi connectivity index (χ3v) is 11.0. The summed E-state index contributed by atoms with van der Waals surface area (Å²) in [4.78, 5) is 14.3. The number of hydrogen-bond donors (Lipinski definition) is 0. The monoisotopic (exact) mass is 730 g/mol. The van der Waals surface area contributed by atoms with Crippen LogP contribution in [0.15, 0.2) is 209 Å². The van der Waals surface area contributed by atoms with Gasteiger partial charge in [0.25, 0.3) is 0 Å². The molecule has 0 fully saturated rings. The zero-order valence-corrected chi connectivity index (χ0v) is 31.4. The van der Waals surface area contributed by atoms with Gasteiger partial charge in [-0.2, -0.15) is 0 Å². The van der Waals surface area contributed by atoms with Crippen LogP contribution in [-0.2, 0) is 13.0 Å². The van der Waals surface area contributed by atoms with Gasteiger partial charge in [-0.15, -0.1) is 0 Å². The van der Waals surface area contributed by atoms with Crippen LogP contribution >= 0.6 is 0 Å². The molecular weight excluding hydrogens is 693 g/mol. The summed E-state index contributed by atoms with van der Waals surface area (Å²) in [5, 5.41) is 2.52. The Bertz CT molecular complexity index is 3010. The van der Waals surface area contributed by atoms with Crippen LogP contribution in [0.25, 0.3) is 60.9 Å². The Hall–Kier alpha value is -7.43. The van der Waals surface area contributed by atoms with E-state index in [0.717, 1.165) is 34.2 Å². The number of aliphatic imine (C=N–C) groups is 3. The predicted molar refractivity (Wildman–Crippen MR) is 239 cm³/mol. The average Bonchev–Trinajstić information content (AvgIpc) is 3.82. The number of rotatable bonds is 7. The van der Waals surface area contributed by atoms with Gasteiger partial charge < -0.3 is 4.57 Å². The molecule has 0 spiro atoms. The molecule has 0 N–H and O–H groups in total. The second kappa shape index (κ2) is 14.7. The number of aromatic nitrogens is 1. The lowest BCUT2D eigenvalue weighted by Gasteiger charge is -2.12. The van der Waals surface area contributed by atoms with E-state index in [2.05, 4.69) is 156 Å². The van der Waals surface area contributed by atoms with Gasteiger partial charge in [0, 0.05) is 27.6 Å². The normalized spacial score (nSPS) is 12.5. The molecule has 4 nitrogen and oxygen atoms in total. The van der Waals surface area contributed by atoms with E-state index >= 15 is 0 Å². The first kappa shape index (κ1) is 34.1. The molecule has 270 valence electrons. The maximum atomic E-state index is 4.99. The highest BCUT2D eigenvalue weighted by atomic mass is 15.0. The van der Waals surface area contributed by atoms with E-state index in [-0.39, 0.29) is 0 Å². The number of nitrogens with zero attached hydrogens (tertiary/aromatic N) is 4. The topological polar surface area (TPSA) is 42.0 Å². The molecule has 9 aromatic rings. The predicted octanol–water partition coefficient (Wildman–Crippen LogP) is 12.8. The number of para-hydroxylation sites is 1. The second-order valence-electron chi connectivity index (χ2n) is 14.5. The van der Waals surface area contributed by atoms with E-state index in [4.69, 9.17) is 9.98 Å². The van der Waals surface area contributed by atoms with Gasteiger partial charge in [0.15, 0.2) is 11.7 Å². The molecule has 0 radical (unpaired) electrons. The minimum atomic E-state index is 0.520. The van der Waals surface area contributed by atoms with E-state index in [9.17, 15) is 0 Å². The molecule has 1 aliphatic rings. The molecule has 0 unspecified atom stereocenters. The number of hydrogen-bond acceptors (Lipinski definition) is 1. The standard InChI is InChI=1S/C53H38N4/c1-54-52(56-53(38-18-9-4-10-19-38)55-35-36-14-5-2-6-15-36)43-21-13-20-39(30-43)40-25-28-46-44(31-40)32-42-24-27-45(34-49(42)46)57-50-23-12-11-22-47(50)48-29-26-41(33-51(48)57)37-16-7-3-8-17-37/h2-31,33-34H,1,32,35H2/b55-53-,56-52-. The fourth-order valence-corrected chi connectivity index (χ4v) is 8.21. The summed E-state index contributed by atoms with van der Waals surface area (Å²) in [6.07, 6.45) is 0.892. The zero-order chi connectivity index (χ0) is 38.1. The second-order valence-corrected chi connectivity index (χ2v) is 14.5. The van der Waals surface area contributed by atoms with Crippen LogP contribution in [0, 0.1) is 0 Å². The summed E-state index contributed by atoms with van der Waals surface area (Å²) >= 11 is 0. The Morgan fingerprint density at radius 3 is 1.96 bits per heavy atom. The van der Waals surface area contributed by atoms with Gasteiger partial charge in [-0.1, -0.05) is 164 Å². The minimum absolute atomic E-state index is 0.520. The molecular formula is C53H38N4. The fraction of sp³-hybridized carbons (Fsp3) is 0.0377. The van der Waals surface area contributed by atoms with Crippen LogP contribution < -0.4 is 0 Å². The highest BCUT2D eigenvalue weighted by molar-refractivity contribution is 6.13. The van der Waals surface area contributed by atoms with Crippen LogP contribution in [0.3, 0.4) is 0 Å². The van der Waals surface area contributed by atoms with Crippen molar-refractivity contribution in [3.05, 3.63) is 222 Å². The molecule has 0 saturated heterocycles. The Labute approximate surface area is 332 Å². The number of benzene rings is 8. The highest BCUT2D eigenvalue weighted by Crippen LogP contribution is 2.42. The molecule has 0 saturated carbocycles. The van der Waals surface area contributed by atoms with E-state index in [1.807, 2.05) is 54.6 Å². The van der Waals surface area contributed by atoms with Crippen molar-refractivity contribution in [2.24, 2.45) is 15.0 Å². The quantitative estimate of drug-likeness (QED) is 0.116. The summed E-state index contributed by atoms with van der Waals surface area (Å²) in [6, 6.07) is 68.8. The Morgan fingerprint density at radius 1 is 0.474 bits per heavy atom. The highest BCUT2D eigenvalue weighted by Gasteiger charge is 2.22. The summed E-state index contributed by atoms with van der Waals surface area (Å²) in [5.41, 5.74) is 16.5. The van der Waals surface area contributed by atoms with Gasteiger partial charge in [-0.25, -0.2) is 9.98 Å². The van der Waals surface area contributed by atoms with Gasteiger partial charge >= 0.3 is 0 Å². The van der Waals surface area contributed by atoms with Crippen molar-refractivity contribution < 1.29 is 0 Å². The zero-order valence-electron chi connectivity index (χ0n) is 31.4. The Morgan fingerprint density at radius 2 is 1.14 bits per heavy atom. The molecule has 0 amide bonds. The van der Waals surface area contributed by atoms with Crippen molar-refractivity contribution in [1.29, 1.82) is 0 Å². The fourth-order valence-electron chi connectivity index (χ4n) is 8.21. The molecule has 57 heavy (non-hydrogen) atoms. The van der Waals surface area contributed by atoms with Gasteiger partial charge in [0.05, 0.1) is 17.6 Å². The van der Waals surface area contributed by atoms with Crippen molar-refractivity contribution in [3.8, 4) is 39.1 Å². The van der Waals surface area contributed by atoms with Crippen molar-refractivity contribution in [1.82, 2.24) is 4.57 Å². The molecule has 10 rings (SSSR count). The summed E-state index contributed by atoms with van der Waals surface area (Å²) in [6.45, 7) is 4.43.